The van der Waals surface area contributed by atoms with Crippen molar-refractivity contribution >= 4 is 0 Å². The summed E-state index contributed by atoms with van der Waals surface area (Å²) in [6, 6.07) is 0. The topological polar surface area (TPSA) is 40.5 Å². The largest absolute Gasteiger partial charge is 0.390 e. The second kappa shape index (κ2) is 6.38. The molecule has 0 bridgehead atoms. The van der Waals surface area contributed by atoms with Gasteiger partial charge in [-0.3, -0.25) is 0 Å². The summed E-state index contributed by atoms with van der Waals surface area (Å²) in [4.78, 5) is 0. The summed E-state index contributed by atoms with van der Waals surface area (Å²) in [5, 5.41) is 19.0. The van der Waals surface area contributed by atoms with Gasteiger partial charge in [0, 0.05) is 0 Å². The van der Waals surface area contributed by atoms with E-state index in [9.17, 15) is 10.2 Å². The van der Waals surface area contributed by atoms with Crippen LogP contribution in [0.15, 0.2) is 0 Å². The molecular formula is C16H32O2. The molecule has 2 atom stereocenters. The zero-order chi connectivity index (χ0) is 13.8. The highest BCUT2D eigenvalue weighted by Crippen LogP contribution is 2.31. The number of hydrogen-bond acceptors (Lipinski definition) is 2. The van der Waals surface area contributed by atoms with Gasteiger partial charge < -0.3 is 10.2 Å². The van der Waals surface area contributed by atoms with Gasteiger partial charge in [-0.25, -0.2) is 0 Å². The molecule has 0 saturated heterocycles. The van der Waals surface area contributed by atoms with E-state index in [-0.39, 0.29) is 11.2 Å². The minimum absolute atomic E-state index is 0.341. The van der Waals surface area contributed by atoms with E-state index in [1.54, 1.807) is 0 Å². The Bertz CT molecular complexity index is 235. The summed E-state index contributed by atoms with van der Waals surface area (Å²) in [5.74, 6) is 1.57. The van der Waals surface area contributed by atoms with Crippen LogP contribution in [0.25, 0.3) is 0 Å². The van der Waals surface area contributed by atoms with Gasteiger partial charge >= 0.3 is 0 Å². The van der Waals surface area contributed by atoms with Gasteiger partial charge in [0.25, 0.3) is 0 Å². The van der Waals surface area contributed by atoms with Crippen molar-refractivity contribution < 1.29 is 10.2 Å². The lowest BCUT2D eigenvalue weighted by atomic mass is 9.80. The van der Waals surface area contributed by atoms with Crippen molar-refractivity contribution in [2.75, 3.05) is 0 Å². The van der Waals surface area contributed by atoms with E-state index in [2.05, 4.69) is 13.8 Å². The molecule has 0 aromatic heterocycles. The molecule has 2 unspecified atom stereocenters. The summed E-state index contributed by atoms with van der Waals surface area (Å²) in [6.07, 6.45) is 8.89. The highest BCUT2D eigenvalue weighted by Gasteiger charge is 2.27. The summed E-state index contributed by atoms with van der Waals surface area (Å²) in [7, 11) is 0. The average Bonchev–Trinajstić information content (AvgIpc) is 2.22. The van der Waals surface area contributed by atoms with Crippen molar-refractivity contribution in [2.24, 2.45) is 11.8 Å². The lowest BCUT2D eigenvalue weighted by Gasteiger charge is -2.31. The second-order valence-electron chi connectivity index (χ2n) is 7.38. The second-order valence-corrected chi connectivity index (χ2v) is 7.38. The molecule has 0 aromatic rings. The fraction of sp³-hybridized carbons (Fsp3) is 1.00. The van der Waals surface area contributed by atoms with Crippen LogP contribution in [0, 0.1) is 11.8 Å². The molecule has 108 valence electrons. The molecule has 0 radical (unpaired) electrons. The third-order valence-corrected chi connectivity index (χ3v) is 4.55. The molecule has 2 saturated carbocycles. The Morgan fingerprint density at radius 2 is 1.33 bits per heavy atom. The molecule has 0 aliphatic heterocycles. The van der Waals surface area contributed by atoms with E-state index < -0.39 is 0 Å². The van der Waals surface area contributed by atoms with E-state index in [4.69, 9.17) is 0 Å². The third-order valence-electron chi connectivity index (χ3n) is 4.55. The first kappa shape index (κ1) is 16.0. The maximum Gasteiger partial charge on any atom is 0.0622 e. The van der Waals surface area contributed by atoms with Gasteiger partial charge in [-0.15, -0.1) is 0 Å². The highest BCUT2D eigenvalue weighted by molar-refractivity contribution is 4.80. The van der Waals surface area contributed by atoms with Crippen LogP contribution >= 0.6 is 0 Å². The van der Waals surface area contributed by atoms with Gasteiger partial charge in [0.15, 0.2) is 0 Å². The van der Waals surface area contributed by atoms with Crippen molar-refractivity contribution in [3.8, 4) is 0 Å². The molecule has 0 spiro atoms. The molecular weight excluding hydrogens is 224 g/mol. The summed E-state index contributed by atoms with van der Waals surface area (Å²) >= 11 is 0. The van der Waals surface area contributed by atoms with Crippen LogP contribution in [-0.2, 0) is 0 Å². The summed E-state index contributed by atoms with van der Waals surface area (Å²) < 4.78 is 0. The standard InChI is InChI=1S/2C8H16O/c1-7-3-5-8(2,9)6-4-7;1-7-4-3-5-8(2,9)6-7/h2*7,9H,3-6H2,1-2H3. The van der Waals surface area contributed by atoms with Crippen molar-refractivity contribution in [1.82, 2.24) is 0 Å². The number of rotatable bonds is 0. The highest BCUT2D eigenvalue weighted by atomic mass is 16.3. The number of hydrogen-bond donors (Lipinski definition) is 2. The fourth-order valence-electron chi connectivity index (χ4n) is 3.17. The Morgan fingerprint density at radius 1 is 0.778 bits per heavy atom. The van der Waals surface area contributed by atoms with Crippen molar-refractivity contribution in [2.45, 2.75) is 90.3 Å². The smallest absolute Gasteiger partial charge is 0.0622 e. The quantitative estimate of drug-likeness (QED) is 0.690. The van der Waals surface area contributed by atoms with E-state index in [1.165, 1.54) is 25.7 Å². The van der Waals surface area contributed by atoms with Gasteiger partial charge in [-0.2, -0.15) is 0 Å². The number of aliphatic hydroxyl groups is 2. The molecule has 2 N–H and O–H groups in total. The van der Waals surface area contributed by atoms with Crippen LogP contribution in [0.3, 0.4) is 0 Å². The van der Waals surface area contributed by atoms with E-state index >= 15 is 0 Å². The van der Waals surface area contributed by atoms with Crippen LogP contribution in [0.1, 0.15) is 79.1 Å². The molecule has 0 heterocycles. The molecule has 2 aliphatic rings. The Balaban J connectivity index is 0.000000180. The lowest BCUT2D eigenvalue weighted by molar-refractivity contribution is 0.00457. The van der Waals surface area contributed by atoms with E-state index in [1.807, 2.05) is 13.8 Å². The van der Waals surface area contributed by atoms with Gasteiger partial charge in [0.2, 0.25) is 0 Å². The summed E-state index contributed by atoms with van der Waals surface area (Å²) in [5.41, 5.74) is -0.690. The van der Waals surface area contributed by atoms with Crippen LogP contribution < -0.4 is 0 Å². The molecule has 18 heavy (non-hydrogen) atoms. The van der Waals surface area contributed by atoms with Gasteiger partial charge in [-0.1, -0.05) is 26.7 Å². The van der Waals surface area contributed by atoms with Gasteiger partial charge in [0.05, 0.1) is 11.2 Å². The molecule has 2 aliphatic carbocycles. The minimum atomic E-state index is -0.350. The van der Waals surface area contributed by atoms with Crippen LogP contribution in [0.4, 0.5) is 0 Å². The van der Waals surface area contributed by atoms with Crippen LogP contribution in [-0.4, -0.2) is 21.4 Å². The van der Waals surface area contributed by atoms with Crippen molar-refractivity contribution in [1.29, 1.82) is 0 Å². The Morgan fingerprint density at radius 3 is 1.67 bits per heavy atom. The predicted molar refractivity (Wildman–Crippen MR) is 76.5 cm³/mol. The molecule has 2 heteroatoms. The zero-order valence-corrected chi connectivity index (χ0v) is 12.7. The average molecular weight is 256 g/mol. The first-order valence-electron chi connectivity index (χ1n) is 7.65. The van der Waals surface area contributed by atoms with Crippen molar-refractivity contribution in [3.63, 3.8) is 0 Å². The Labute approximate surface area is 113 Å². The first-order valence-corrected chi connectivity index (χ1v) is 7.65. The Hall–Kier alpha value is -0.0800. The summed E-state index contributed by atoms with van der Waals surface area (Å²) in [6.45, 7) is 8.37. The lowest BCUT2D eigenvalue weighted by Crippen LogP contribution is -2.30. The fourth-order valence-corrected chi connectivity index (χ4v) is 3.17. The Kier molecular flexibility index (Phi) is 5.67. The maximum atomic E-state index is 9.54. The van der Waals surface area contributed by atoms with Gasteiger partial charge in [-0.05, 0) is 64.2 Å². The predicted octanol–water partition coefficient (Wildman–Crippen LogP) is 3.90. The van der Waals surface area contributed by atoms with Crippen molar-refractivity contribution in [3.05, 3.63) is 0 Å². The SMILES string of the molecule is CC1CCC(C)(O)CC1.CC1CCCC(C)(O)C1. The minimum Gasteiger partial charge on any atom is -0.390 e. The molecule has 2 nitrogen and oxygen atoms in total. The van der Waals surface area contributed by atoms with E-state index in [0.29, 0.717) is 0 Å². The molecule has 0 aromatic carbocycles. The van der Waals surface area contributed by atoms with E-state index in [0.717, 1.165) is 37.5 Å². The normalized spacial score (nSPS) is 45.0. The monoisotopic (exact) mass is 256 g/mol. The molecule has 2 rings (SSSR count). The first-order chi connectivity index (χ1) is 8.20. The van der Waals surface area contributed by atoms with Gasteiger partial charge in [0.1, 0.15) is 0 Å². The zero-order valence-electron chi connectivity index (χ0n) is 12.7. The molecule has 2 fully saturated rings. The third kappa shape index (κ3) is 6.19. The van der Waals surface area contributed by atoms with Crippen LogP contribution in [0.2, 0.25) is 0 Å². The molecule has 0 amide bonds. The maximum absolute atomic E-state index is 9.54. The van der Waals surface area contributed by atoms with Crippen LogP contribution in [0.5, 0.6) is 0 Å².